The van der Waals surface area contributed by atoms with Crippen LogP contribution in [-0.4, -0.2) is 25.4 Å². The van der Waals surface area contributed by atoms with Gasteiger partial charge in [-0.05, 0) is 16.8 Å². The summed E-state index contributed by atoms with van der Waals surface area (Å²) in [6, 6.07) is 13.4. The van der Waals surface area contributed by atoms with Crippen molar-refractivity contribution in [3.8, 4) is 0 Å². The highest BCUT2D eigenvalue weighted by Crippen LogP contribution is 2.18. The number of likely N-dealkylation sites (N-methyl/N-ethyl adjacent to an activating group) is 1. The van der Waals surface area contributed by atoms with Crippen LogP contribution in [0.25, 0.3) is 10.8 Å². The Morgan fingerprint density at radius 1 is 1.10 bits per heavy atom. The van der Waals surface area contributed by atoms with Gasteiger partial charge in [-0.1, -0.05) is 42.5 Å². The Kier molecular flexibility index (Phi) is 4.50. The van der Waals surface area contributed by atoms with Crippen LogP contribution in [0.5, 0.6) is 0 Å². The van der Waals surface area contributed by atoms with Crippen LogP contribution >= 0.6 is 0 Å². The van der Waals surface area contributed by atoms with Crippen molar-refractivity contribution in [1.82, 2.24) is 10.6 Å². The third kappa shape index (κ3) is 3.23. The third-order valence-electron chi connectivity index (χ3n) is 2.93. The molecular weight excluding hydrogens is 252 g/mol. The van der Waals surface area contributed by atoms with E-state index < -0.39 is 0 Å². The molecule has 2 rings (SSSR count). The summed E-state index contributed by atoms with van der Waals surface area (Å²) in [4.78, 5) is 23.1. The minimum absolute atomic E-state index is 0.150. The second kappa shape index (κ2) is 6.52. The van der Waals surface area contributed by atoms with Gasteiger partial charge in [0, 0.05) is 25.2 Å². The van der Waals surface area contributed by atoms with Gasteiger partial charge >= 0.3 is 0 Å². The molecular formula is C16H16N2O2. The Hall–Kier alpha value is -2.62. The molecule has 0 saturated carbocycles. The van der Waals surface area contributed by atoms with Gasteiger partial charge in [0.25, 0.3) is 5.91 Å². The molecule has 2 amide bonds. The summed E-state index contributed by atoms with van der Waals surface area (Å²) in [5.74, 6) is -0.340. The van der Waals surface area contributed by atoms with Gasteiger partial charge in [0.2, 0.25) is 5.91 Å². The van der Waals surface area contributed by atoms with Gasteiger partial charge in [0.1, 0.15) is 0 Å². The van der Waals surface area contributed by atoms with Gasteiger partial charge in [-0.2, -0.15) is 0 Å². The number of hydrogen-bond donors (Lipinski definition) is 2. The predicted molar refractivity (Wildman–Crippen MR) is 79.5 cm³/mol. The van der Waals surface area contributed by atoms with Gasteiger partial charge in [0.15, 0.2) is 0 Å². The molecule has 20 heavy (non-hydrogen) atoms. The summed E-state index contributed by atoms with van der Waals surface area (Å²) in [5, 5.41) is 7.18. The van der Waals surface area contributed by atoms with Crippen molar-refractivity contribution in [2.45, 2.75) is 0 Å². The van der Waals surface area contributed by atoms with E-state index in [2.05, 4.69) is 10.6 Å². The minimum Gasteiger partial charge on any atom is -0.356 e. The Bertz CT molecular complexity index is 657. The molecule has 0 unspecified atom stereocenters. The molecule has 0 spiro atoms. The molecule has 102 valence electrons. The largest absolute Gasteiger partial charge is 0.356 e. The van der Waals surface area contributed by atoms with Crippen molar-refractivity contribution in [3.05, 3.63) is 60.2 Å². The molecule has 4 nitrogen and oxygen atoms in total. The highest BCUT2D eigenvalue weighted by Gasteiger charge is 2.07. The fourth-order valence-corrected chi connectivity index (χ4v) is 1.92. The van der Waals surface area contributed by atoms with Crippen molar-refractivity contribution in [1.29, 1.82) is 0 Å². The summed E-state index contributed by atoms with van der Waals surface area (Å²) in [7, 11) is 1.56. The number of carbonyl (C=O) groups excluding carboxylic acids is 2. The lowest BCUT2D eigenvalue weighted by Crippen LogP contribution is -2.24. The molecule has 0 aromatic heterocycles. The number of amides is 2. The average Bonchev–Trinajstić information content (AvgIpc) is 2.50. The van der Waals surface area contributed by atoms with Crippen molar-refractivity contribution in [3.63, 3.8) is 0 Å². The maximum atomic E-state index is 12.1. The number of carbonyl (C=O) groups is 2. The Morgan fingerprint density at radius 3 is 2.65 bits per heavy atom. The zero-order valence-corrected chi connectivity index (χ0v) is 11.2. The number of benzene rings is 2. The van der Waals surface area contributed by atoms with Gasteiger partial charge in [0.05, 0.1) is 0 Å². The highest BCUT2D eigenvalue weighted by atomic mass is 16.2. The molecule has 0 aliphatic carbocycles. The third-order valence-corrected chi connectivity index (χ3v) is 2.93. The maximum absolute atomic E-state index is 12.1. The van der Waals surface area contributed by atoms with Gasteiger partial charge in [-0.15, -0.1) is 0 Å². The first kappa shape index (κ1) is 13.8. The molecule has 4 heteroatoms. The number of hydrogen-bond acceptors (Lipinski definition) is 2. The van der Waals surface area contributed by atoms with Crippen LogP contribution in [0.3, 0.4) is 0 Å². The normalized spacial score (nSPS) is 10.7. The van der Waals surface area contributed by atoms with E-state index in [-0.39, 0.29) is 11.8 Å². The van der Waals surface area contributed by atoms with Gasteiger partial charge < -0.3 is 10.6 Å². The quantitative estimate of drug-likeness (QED) is 0.832. The van der Waals surface area contributed by atoms with E-state index in [0.717, 1.165) is 10.8 Å². The second-order valence-corrected chi connectivity index (χ2v) is 4.25. The van der Waals surface area contributed by atoms with Crippen LogP contribution in [0.15, 0.2) is 54.6 Å². The summed E-state index contributed by atoms with van der Waals surface area (Å²) in [6.07, 6.45) is 3.01. The van der Waals surface area contributed by atoms with E-state index in [1.807, 2.05) is 36.4 Å². The molecule has 0 bridgehead atoms. The van der Waals surface area contributed by atoms with E-state index in [9.17, 15) is 9.59 Å². The number of fused-ring (bicyclic) bond motifs is 1. The Balaban J connectivity index is 2.08. The lowest BCUT2D eigenvalue weighted by Gasteiger charge is -2.06. The van der Waals surface area contributed by atoms with E-state index in [1.54, 1.807) is 19.2 Å². The van der Waals surface area contributed by atoms with Crippen LogP contribution in [0.1, 0.15) is 10.4 Å². The first-order chi connectivity index (χ1) is 9.72. The summed E-state index contributed by atoms with van der Waals surface area (Å²) >= 11 is 0. The van der Waals surface area contributed by atoms with E-state index in [0.29, 0.717) is 12.1 Å². The van der Waals surface area contributed by atoms with Crippen LogP contribution in [0.4, 0.5) is 0 Å². The van der Waals surface area contributed by atoms with Crippen molar-refractivity contribution >= 4 is 22.6 Å². The highest BCUT2D eigenvalue weighted by molar-refractivity contribution is 6.07. The zero-order valence-electron chi connectivity index (χ0n) is 11.2. The molecule has 0 radical (unpaired) electrons. The van der Waals surface area contributed by atoms with E-state index in [1.165, 1.54) is 6.08 Å². The SMILES string of the molecule is CNC(=O)/C=C/CNC(=O)c1cccc2ccccc12. The lowest BCUT2D eigenvalue weighted by molar-refractivity contribution is -0.116. The number of nitrogens with one attached hydrogen (secondary N) is 2. The summed E-state index contributed by atoms with van der Waals surface area (Å²) in [6.45, 7) is 0.315. The van der Waals surface area contributed by atoms with Crippen LogP contribution in [0.2, 0.25) is 0 Å². The first-order valence-corrected chi connectivity index (χ1v) is 6.36. The van der Waals surface area contributed by atoms with E-state index in [4.69, 9.17) is 0 Å². The maximum Gasteiger partial charge on any atom is 0.252 e. The number of rotatable bonds is 4. The first-order valence-electron chi connectivity index (χ1n) is 6.36. The molecule has 2 aromatic rings. The van der Waals surface area contributed by atoms with E-state index >= 15 is 0 Å². The van der Waals surface area contributed by atoms with Crippen LogP contribution in [-0.2, 0) is 4.79 Å². The molecule has 0 saturated heterocycles. The smallest absolute Gasteiger partial charge is 0.252 e. The van der Waals surface area contributed by atoms with Crippen LogP contribution < -0.4 is 10.6 Å². The van der Waals surface area contributed by atoms with Crippen molar-refractivity contribution in [2.24, 2.45) is 0 Å². The summed E-state index contributed by atoms with van der Waals surface area (Å²) < 4.78 is 0. The lowest BCUT2D eigenvalue weighted by atomic mass is 10.0. The Labute approximate surface area is 117 Å². The zero-order chi connectivity index (χ0) is 14.4. The fourth-order valence-electron chi connectivity index (χ4n) is 1.92. The van der Waals surface area contributed by atoms with Crippen molar-refractivity contribution in [2.75, 3.05) is 13.6 Å². The average molecular weight is 268 g/mol. The predicted octanol–water partition coefficient (Wildman–Crippen LogP) is 1.87. The second-order valence-electron chi connectivity index (χ2n) is 4.25. The fraction of sp³-hybridized carbons (Fsp3) is 0.125. The molecule has 2 N–H and O–H groups in total. The van der Waals surface area contributed by atoms with Crippen LogP contribution in [0, 0.1) is 0 Å². The standard InChI is InChI=1S/C16H16N2O2/c1-17-15(19)10-5-11-18-16(20)14-9-4-7-12-6-2-3-8-13(12)14/h2-10H,11H2,1H3,(H,17,19)(H,18,20)/b10-5+. The molecule has 0 fully saturated rings. The summed E-state index contributed by atoms with van der Waals surface area (Å²) in [5.41, 5.74) is 0.636. The molecule has 0 aliphatic rings. The monoisotopic (exact) mass is 268 g/mol. The molecule has 0 atom stereocenters. The molecule has 0 heterocycles. The molecule has 2 aromatic carbocycles. The topological polar surface area (TPSA) is 58.2 Å². The Morgan fingerprint density at radius 2 is 1.85 bits per heavy atom. The minimum atomic E-state index is -0.190. The van der Waals surface area contributed by atoms with Crippen molar-refractivity contribution < 1.29 is 9.59 Å². The van der Waals surface area contributed by atoms with Gasteiger partial charge in [-0.3, -0.25) is 9.59 Å². The molecule has 0 aliphatic heterocycles. The van der Waals surface area contributed by atoms with Gasteiger partial charge in [-0.25, -0.2) is 0 Å².